The van der Waals surface area contributed by atoms with Crippen LogP contribution in [0.5, 0.6) is 0 Å². The predicted molar refractivity (Wildman–Crippen MR) is 94.7 cm³/mol. The smallest absolute Gasteiger partial charge is 0.338 e. The molecule has 1 aromatic rings. The Morgan fingerprint density at radius 1 is 1.24 bits per heavy atom. The van der Waals surface area contributed by atoms with Crippen LogP contribution in [-0.2, 0) is 19.6 Å². The normalized spacial score (nSPS) is 12.4. The first kappa shape index (κ1) is 21.1. The second kappa shape index (κ2) is 10.1. The molecule has 1 amide bonds. The lowest BCUT2D eigenvalue weighted by atomic mass is 10.1. The van der Waals surface area contributed by atoms with Gasteiger partial charge in [0.15, 0.2) is 6.61 Å². The van der Waals surface area contributed by atoms with Gasteiger partial charge in [-0.1, -0.05) is 32.3 Å². The lowest BCUT2D eigenvalue weighted by Crippen LogP contribution is -2.35. The molecule has 0 unspecified atom stereocenters. The van der Waals surface area contributed by atoms with Crippen LogP contribution in [0.3, 0.4) is 0 Å². The molecule has 0 saturated carbocycles. The van der Waals surface area contributed by atoms with E-state index in [9.17, 15) is 18.0 Å². The zero-order chi connectivity index (χ0) is 18.9. The van der Waals surface area contributed by atoms with E-state index in [1.54, 1.807) is 0 Å². The Kier molecular flexibility index (Phi) is 8.57. The molecule has 0 radical (unpaired) electrons. The Balaban J connectivity index is 2.54. The van der Waals surface area contributed by atoms with E-state index in [0.717, 1.165) is 25.7 Å². The molecule has 0 saturated heterocycles. The van der Waals surface area contributed by atoms with Gasteiger partial charge in [-0.25, -0.2) is 17.9 Å². The number of nitrogens with one attached hydrogen (secondary N) is 2. The van der Waals surface area contributed by atoms with Crippen molar-refractivity contribution in [3.8, 4) is 0 Å². The standard InChI is InChI=1S/C17H26N2O5S/c1-4-5-6-8-13(2)19-16(20)12-24-17(21)14-9-7-10-15(11-14)25(22,23)18-3/h7,9-11,13,18H,4-6,8,12H2,1-3H3,(H,19,20)/t13-/m0/s1. The highest BCUT2D eigenvalue weighted by atomic mass is 32.2. The summed E-state index contributed by atoms with van der Waals surface area (Å²) in [5, 5.41) is 2.77. The molecule has 0 aliphatic rings. The largest absolute Gasteiger partial charge is 0.452 e. The van der Waals surface area contributed by atoms with E-state index in [4.69, 9.17) is 4.74 Å². The summed E-state index contributed by atoms with van der Waals surface area (Å²) in [6, 6.07) is 5.47. The van der Waals surface area contributed by atoms with Crippen molar-refractivity contribution >= 4 is 21.9 Å². The second-order valence-corrected chi connectivity index (χ2v) is 7.66. The average molecular weight is 370 g/mol. The number of ether oxygens (including phenoxy) is 1. The molecular weight excluding hydrogens is 344 g/mol. The third kappa shape index (κ3) is 7.23. The van der Waals surface area contributed by atoms with Crippen molar-refractivity contribution in [1.82, 2.24) is 10.0 Å². The predicted octanol–water partition coefficient (Wildman–Crippen LogP) is 1.84. The van der Waals surface area contributed by atoms with Crippen molar-refractivity contribution in [3.63, 3.8) is 0 Å². The summed E-state index contributed by atoms with van der Waals surface area (Å²) in [6.45, 7) is 3.61. The van der Waals surface area contributed by atoms with Crippen LogP contribution in [0.1, 0.15) is 49.9 Å². The zero-order valence-corrected chi connectivity index (χ0v) is 15.7. The molecule has 0 fully saturated rings. The summed E-state index contributed by atoms with van der Waals surface area (Å²) in [5.74, 6) is -1.13. The lowest BCUT2D eigenvalue weighted by Gasteiger charge is -2.13. The molecule has 2 N–H and O–H groups in total. The van der Waals surface area contributed by atoms with E-state index in [2.05, 4.69) is 17.0 Å². The Morgan fingerprint density at radius 2 is 1.96 bits per heavy atom. The summed E-state index contributed by atoms with van der Waals surface area (Å²) in [5.41, 5.74) is 0.0696. The highest BCUT2D eigenvalue weighted by molar-refractivity contribution is 7.89. The number of carbonyl (C=O) groups excluding carboxylic acids is 2. The van der Waals surface area contributed by atoms with Gasteiger partial charge in [-0.2, -0.15) is 0 Å². The van der Waals surface area contributed by atoms with Crippen LogP contribution in [0, 0.1) is 0 Å². The van der Waals surface area contributed by atoms with Crippen LogP contribution >= 0.6 is 0 Å². The van der Waals surface area contributed by atoms with Crippen LogP contribution in [0.15, 0.2) is 29.2 Å². The zero-order valence-electron chi connectivity index (χ0n) is 14.9. The molecule has 0 heterocycles. The number of rotatable bonds is 10. The van der Waals surface area contributed by atoms with Gasteiger partial charge in [-0.3, -0.25) is 4.79 Å². The number of amides is 1. The maximum atomic E-state index is 12.0. The van der Waals surface area contributed by atoms with Crippen LogP contribution in [0.25, 0.3) is 0 Å². The Morgan fingerprint density at radius 3 is 2.60 bits per heavy atom. The first-order chi connectivity index (χ1) is 11.8. The van der Waals surface area contributed by atoms with Gasteiger partial charge in [-0.15, -0.1) is 0 Å². The van der Waals surface area contributed by atoms with Crippen molar-refractivity contribution in [1.29, 1.82) is 0 Å². The number of sulfonamides is 1. The van der Waals surface area contributed by atoms with Crippen LogP contribution in [0.2, 0.25) is 0 Å². The molecule has 0 aromatic heterocycles. The molecule has 7 nitrogen and oxygen atoms in total. The third-order valence-electron chi connectivity index (χ3n) is 3.63. The lowest BCUT2D eigenvalue weighted by molar-refractivity contribution is -0.124. The van der Waals surface area contributed by atoms with Crippen molar-refractivity contribution in [3.05, 3.63) is 29.8 Å². The van der Waals surface area contributed by atoms with Gasteiger partial charge < -0.3 is 10.1 Å². The summed E-state index contributed by atoms with van der Waals surface area (Å²) in [6.07, 6.45) is 4.13. The van der Waals surface area contributed by atoms with Gasteiger partial charge in [0, 0.05) is 6.04 Å². The SMILES string of the molecule is CCCCC[C@H](C)NC(=O)COC(=O)c1cccc(S(=O)(=O)NC)c1. The van der Waals surface area contributed by atoms with Gasteiger partial charge in [0.2, 0.25) is 10.0 Å². The highest BCUT2D eigenvalue weighted by Crippen LogP contribution is 2.12. The molecule has 25 heavy (non-hydrogen) atoms. The van der Waals surface area contributed by atoms with E-state index in [1.165, 1.54) is 31.3 Å². The molecule has 1 atom stereocenters. The topological polar surface area (TPSA) is 102 Å². The van der Waals surface area contributed by atoms with Crippen molar-refractivity contribution in [2.45, 2.75) is 50.5 Å². The van der Waals surface area contributed by atoms with Crippen molar-refractivity contribution < 1.29 is 22.7 Å². The summed E-state index contributed by atoms with van der Waals surface area (Å²) in [4.78, 5) is 23.8. The minimum absolute atomic E-state index is 0.0156. The molecule has 1 aromatic carbocycles. The number of hydrogen-bond donors (Lipinski definition) is 2. The van der Waals surface area contributed by atoms with Gasteiger partial charge in [0.05, 0.1) is 10.5 Å². The number of benzene rings is 1. The molecule has 1 rings (SSSR count). The minimum Gasteiger partial charge on any atom is -0.452 e. The second-order valence-electron chi connectivity index (χ2n) is 5.78. The number of hydrogen-bond acceptors (Lipinski definition) is 5. The van der Waals surface area contributed by atoms with E-state index in [0.29, 0.717) is 0 Å². The molecule has 140 valence electrons. The fourth-order valence-electron chi connectivity index (χ4n) is 2.21. The minimum atomic E-state index is -3.65. The van der Waals surface area contributed by atoms with Gasteiger partial charge in [-0.05, 0) is 38.6 Å². The van der Waals surface area contributed by atoms with E-state index < -0.39 is 22.6 Å². The number of unbranched alkanes of at least 4 members (excludes halogenated alkanes) is 2. The van der Waals surface area contributed by atoms with Crippen LogP contribution in [0.4, 0.5) is 0 Å². The quantitative estimate of drug-likeness (QED) is 0.483. The molecule has 0 spiro atoms. The average Bonchev–Trinajstić information content (AvgIpc) is 2.60. The first-order valence-electron chi connectivity index (χ1n) is 8.30. The van der Waals surface area contributed by atoms with Gasteiger partial charge in [0.1, 0.15) is 0 Å². The summed E-state index contributed by atoms with van der Waals surface area (Å²) >= 11 is 0. The van der Waals surface area contributed by atoms with Crippen LogP contribution in [-0.4, -0.2) is 40.0 Å². The highest BCUT2D eigenvalue weighted by Gasteiger charge is 2.16. The summed E-state index contributed by atoms with van der Waals surface area (Å²) < 4.78 is 30.6. The Labute approximate surface area is 149 Å². The van der Waals surface area contributed by atoms with E-state index >= 15 is 0 Å². The fourth-order valence-corrected chi connectivity index (χ4v) is 2.99. The molecular formula is C17H26N2O5S. The molecule has 0 bridgehead atoms. The molecule has 0 aliphatic heterocycles. The van der Waals surface area contributed by atoms with Crippen molar-refractivity contribution in [2.75, 3.05) is 13.7 Å². The van der Waals surface area contributed by atoms with Gasteiger partial charge in [0.25, 0.3) is 5.91 Å². The Bertz CT molecular complexity index is 688. The third-order valence-corrected chi connectivity index (χ3v) is 5.04. The monoisotopic (exact) mass is 370 g/mol. The van der Waals surface area contributed by atoms with Gasteiger partial charge >= 0.3 is 5.97 Å². The van der Waals surface area contributed by atoms with E-state index in [-0.39, 0.29) is 22.4 Å². The van der Waals surface area contributed by atoms with E-state index in [1.807, 2.05) is 6.92 Å². The molecule has 8 heteroatoms. The number of carbonyl (C=O) groups is 2. The fraction of sp³-hybridized carbons (Fsp3) is 0.529. The maximum Gasteiger partial charge on any atom is 0.338 e. The summed E-state index contributed by atoms with van der Waals surface area (Å²) in [7, 11) is -2.37. The van der Waals surface area contributed by atoms with Crippen LogP contribution < -0.4 is 10.0 Å². The number of esters is 1. The molecule has 0 aliphatic carbocycles. The van der Waals surface area contributed by atoms with Crippen molar-refractivity contribution in [2.24, 2.45) is 0 Å². The Hall–Kier alpha value is -1.93. The maximum absolute atomic E-state index is 12.0. The first-order valence-corrected chi connectivity index (χ1v) is 9.78.